The number of benzene rings is 1. The summed E-state index contributed by atoms with van der Waals surface area (Å²) in [6.45, 7) is 0. The van der Waals surface area contributed by atoms with Crippen molar-refractivity contribution in [3.8, 4) is 5.69 Å². The van der Waals surface area contributed by atoms with Crippen LogP contribution in [-0.4, -0.2) is 49.9 Å². The first-order valence-electron chi connectivity index (χ1n) is 9.01. The zero-order valence-corrected chi connectivity index (χ0v) is 16.3. The second-order valence-corrected chi connectivity index (χ2v) is 7.03. The van der Waals surface area contributed by atoms with Gasteiger partial charge in [-0.2, -0.15) is 4.68 Å². The Labute approximate surface area is 162 Å². The maximum Gasteiger partial charge on any atom is 0.377 e. The molecule has 0 N–H and O–H groups in total. The van der Waals surface area contributed by atoms with Crippen molar-refractivity contribution in [1.29, 1.82) is 0 Å². The molecule has 3 rings (SSSR count). The van der Waals surface area contributed by atoms with Crippen molar-refractivity contribution in [2.24, 2.45) is 0 Å². The van der Waals surface area contributed by atoms with Gasteiger partial charge in [-0.25, -0.2) is 19.6 Å². The maximum atomic E-state index is 13.1. The van der Waals surface area contributed by atoms with E-state index in [-0.39, 0.29) is 0 Å². The first-order valence-corrected chi connectivity index (χ1v) is 9.39. The lowest BCUT2D eigenvalue weighted by Gasteiger charge is -2.30. The van der Waals surface area contributed by atoms with Crippen LogP contribution in [0.1, 0.15) is 38.5 Å². The van der Waals surface area contributed by atoms with Crippen LogP contribution in [0.4, 0.5) is 4.79 Å². The Morgan fingerprint density at radius 1 is 1.11 bits per heavy atom. The summed E-state index contributed by atoms with van der Waals surface area (Å²) in [6, 6.07) is 6.22. The molecular weight excluding hydrogens is 368 g/mol. The number of allylic oxidation sites excluding steroid dienone is 2. The molecule has 27 heavy (non-hydrogen) atoms. The predicted molar refractivity (Wildman–Crippen MR) is 103 cm³/mol. The number of amides is 1. The molecule has 9 heteroatoms. The van der Waals surface area contributed by atoms with Gasteiger partial charge in [-0.05, 0) is 48.2 Å². The number of aromatic nitrogens is 4. The zero-order chi connectivity index (χ0) is 19.4. The van der Waals surface area contributed by atoms with Crippen molar-refractivity contribution in [2.45, 2.75) is 38.5 Å². The highest BCUT2D eigenvalue weighted by Crippen LogP contribution is 2.21. The molecule has 144 valence electrons. The summed E-state index contributed by atoms with van der Waals surface area (Å²) in [5, 5.41) is 11.1. The van der Waals surface area contributed by atoms with E-state index < -0.39 is 11.7 Å². The minimum absolute atomic E-state index is 0.353. The van der Waals surface area contributed by atoms with Crippen LogP contribution in [0.3, 0.4) is 0 Å². The number of tetrazole rings is 1. The number of hydrogen-bond acceptors (Lipinski definition) is 5. The second-order valence-electron chi connectivity index (χ2n) is 6.63. The number of carbonyl (C=O) groups excluding carboxylic acids is 1. The van der Waals surface area contributed by atoms with Crippen LogP contribution in [0.2, 0.25) is 5.02 Å². The molecule has 0 unspecified atom stereocenters. The molecule has 1 aliphatic carbocycles. The molecule has 2 aromatic rings. The number of rotatable bonds is 3. The lowest BCUT2D eigenvalue weighted by Crippen LogP contribution is -2.47. The minimum Gasteiger partial charge on any atom is -0.244 e. The maximum absolute atomic E-state index is 13.1. The highest BCUT2D eigenvalue weighted by atomic mass is 35.5. The van der Waals surface area contributed by atoms with Crippen molar-refractivity contribution >= 4 is 17.6 Å². The lowest BCUT2D eigenvalue weighted by molar-refractivity contribution is 0.0885. The molecule has 1 aromatic carbocycles. The van der Waals surface area contributed by atoms with Crippen LogP contribution >= 0.6 is 11.6 Å². The van der Waals surface area contributed by atoms with Crippen LogP contribution in [-0.2, 0) is 0 Å². The van der Waals surface area contributed by atoms with Gasteiger partial charge in [0.1, 0.15) is 0 Å². The molecule has 1 amide bonds. The average Bonchev–Trinajstić information content (AvgIpc) is 2.98. The molecule has 0 aliphatic heterocycles. The van der Waals surface area contributed by atoms with E-state index in [4.69, 9.17) is 11.6 Å². The highest BCUT2D eigenvalue weighted by Gasteiger charge is 2.26. The summed E-state index contributed by atoms with van der Waals surface area (Å²) in [4.78, 5) is 25.8. The van der Waals surface area contributed by atoms with E-state index in [9.17, 15) is 9.59 Å². The summed E-state index contributed by atoms with van der Waals surface area (Å²) >= 11 is 6.14. The molecule has 0 atom stereocenters. The highest BCUT2D eigenvalue weighted by molar-refractivity contribution is 6.32. The molecule has 0 saturated heterocycles. The summed E-state index contributed by atoms with van der Waals surface area (Å²) in [5.41, 5.74) is 0.597. The van der Waals surface area contributed by atoms with Crippen LogP contribution in [0.15, 0.2) is 40.8 Å². The number of halogens is 1. The zero-order valence-electron chi connectivity index (χ0n) is 15.5. The molecule has 1 aromatic heterocycles. The van der Waals surface area contributed by atoms with Crippen molar-refractivity contribution in [1.82, 2.24) is 29.8 Å². The van der Waals surface area contributed by atoms with Gasteiger partial charge in [0.15, 0.2) is 0 Å². The molecule has 1 aliphatic rings. The Bertz CT molecular complexity index is 901. The lowest BCUT2D eigenvalue weighted by atomic mass is 10.0. The molecule has 0 radical (unpaired) electrons. The van der Waals surface area contributed by atoms with E-state index in [2.05, 4.69) is 16.5 Å². The van der Waals surface area contributed by atoms with Gasteiger partial charge >= 0.3 is 11.7 Å². The number of carbonyl (C=O) groups is 1. The van der Waals surface area contributed by atoms with Gasteiger partial charge in [-0.1, -0.05) is 42.7 Å². The van der Waals surface area contributed by atoms with Crippen molar-refractivity contribution < 1.29 is 4.79 Å². The van der Waals surface area contributed by atoms with Crippen molar-refractivity contribution in [2.75, 3.05) is 14.1 Å². The van der Waals surface area contributed by atoms with Gasteiger partial charge in [-0.15, -0.1) is 4.68 Å². The monoisotopic (exact) mass is 390 g/mol. The predicted octanol–water partition coefficient (Wildman–Crippen LogP) is 3.07. The fourth-order valence-corrected chi connectivity index (χ4v) is 3.36. The van der Waals surface area contributed by atoms with Crippen molar-refractivity contribution in [3.05, 3.63) is 51.5 Å². The molecule has 8 nitrogen and oxygen atoms in total. The Balaban J connectivity index is 1.96. The van der Waals surface area contributed by atoms with Crippen LogP contribution in [0, 0.1) is 0 Å². The number of hydrazine groups is 1. The van der Waals surface area contributed by atoms with Gasteiger partial charge < -0.3 is 0 Å². The molecule has 0 saturated carbocycles. The topological polar surface area (TPSA) is 76.3 Å². The smallest absolute Gasteiger partial charge is 0.244 e. The SMILES string of the molecule is CN(C)N(C(=O)n1nnn(-c2ccccc2Cl)c1=O)/C1=C/CCCCCC1. The molecule has 0 spiro atoms. The van der Waals surface area contributed by atoms with Crippen LogP contribution in [0.25, 0.3) is 5.69 Å². The van der Waals surface area contributed by atoms with E-state index in [1.807, 2.05) is 0 Å². The van der Waals surface area contributed by atoms with E-state index in [0.717, 1.165) is 47.2 Å². The second kappa shape index (κ2) is 8.49. The Hall–Kier alpha value is -2.45. The Kier molecular flexibility index (Phi) is 6.08. The normalized spacial score (nSPS) is 17.1. The van der Waals surface area contributed by atoms with Gasteiger partial charge in [0.25, 0.3) is 0 Å². The standard InChI is InChI=1S/C18H23ClN6O2/c1-22(2)25(14-10-6-4-3-5-7-11-14)18(27)24-17(26)23(20-21-24)16-13-9-8-12-15(16)19/h8-10,12-13H,3-7,11H2,1-2H3/b14-10+. The Morgan fingerprint density at radius 3 is 2.59 bits per heavy atom. The van der Waals surface area contributed by atoms with Gasteiger partial charge in [0.05, 0.1) is 10.7 Å². The quantitative estimate of drug-likeness (QED) is 0.594. The number of nitrogens with zero attached hydrogens (tertiary/aromatic N) is 6. The molecule has 1 heterocycles. The molecule has 0 fully saturated rings. The van der Waals surface area contributed by atoms with Gasteiger partial charge in [0, 0.05) is 19.8 Å². The minimum atomic E-state index is -0.661. The number of hydrogen-bond donors (Lipinski definition) is 0. The van der Waals surface area contributed by atoms with E-state index in [0.29, 0.717) is 10.7 Å². The third-order valence-electron chi connectivity index (χ3n) is 4.46. The van der Waals surface area contributed by atoms with E-state index in [1.54, 1.807) is 43.4 Å². The summed E-state index contributed by atoms with van der Waals surface area (Å²) < 4.78 is 1.80. The van der Waals surface area contributed by atoms with Crippen LogP contribution in [0.5, 0.6) is 0 Å². The summed E-state index contributed by atoms with van der Waals surface area (Å²) in [7, 11) is 3.53. The van der Waals surface area contributed by atoms with E-state index >= 15 is 0 Å². The first kappa shape index (κ1) is 19.3. The largest absolute Gasteiger partial charge is 0.377 e. The van der Waals surface area contributed by atoms with Crippen molar-refractivity contribution in [3.63, 3.8) is 0 Å². The van der Waals surface area contributed by atoms with E-state index in [1.165, 1.54) is 11.4 Å². The van der Waals surface area contributed by atoms with Gasteiger partial charge in [0.2, 0.25) is 0 Å². The Morgan fingerprint density at radius 2 is 1.85 bits per heavy atom. The fourth-order valence-electron chi connectivity index (χ4n) is 3.15. The number of para-hydroxylation sites is 1. The molecular formula is C18H23ClN6O2. The summed E-state index contributed by atoms with van der Waals surface area (Å²) in [6.07, 6.45) is 8.19. The van der Waals surface area contributed by atoms with Crippen LogP contribution < -0.4 is 5.69 Å². The van der Waals surface area contributed by atoms with Gasteiger partial charge in [-0.3, -0.25) is 0 Å². The third kappa shape index (κ3) is 4.12. The fraction of sp³-hybridized carbons (Fsp3) is 0.444. The molecule has 0 bridgehead atoms. The average molecular weight is 391 g/mol. The third-order valence-corrected chi connectivity index (χ3v) is 4.78. The first-order chi connectivity index (χ1) is 13.0. The summed E-state index contributed by atoms with van der Waals surface area (Å²) in [5.74, 6) is 0.